The van der Waals surface area contributed by atoms with Crippen molar-refractivity contribution in [1.82, 2.24) is 4.90 Å². The average molecular weight is 305 g/mol. The minimum atomic E-state index is -0.451. The summed E-state index contributed by atoms with van der Waals surface area (Å²) in [5.41, 5.74) is 2.09. The number of ether oxygens (including phenoxy) is 1. The van der Waals surface area contributed by atoms with E-state index in [9.17, 15) is 5.11 Å². The van der Waals surface area contributed by atoms with Gasteiger partial charge in [-0.05, 0) is 52.3 Å². The summed E-state index contributed by atoms with van der Waals surface area (Å²) in [6.45, 7) is 5.60. The second-order valence-electron chi connectivity index (χ2n) is 6.55. The highest BCUT2D eigenvalue weighted by molar-refractivity contribution is 5.38. The molecule has 0 aromatic heterocycles. The van der Waals surface area contributed by atoms with E-state index in [4.69, 9.17) is 4.74 Å². The predicted octanol–water partition coefficient (Wildman–Crippen LogP) is 4.08. The zero-order chi connectivity index (χ0) is 15.9. The van der Waals surface area contributed by atoms with Gasteiger partial charge in [-0.15, -0.1) is 0 Å². The van der Waals surface area contributed by atoms with Crippen LogP contribution in [-0.2, 0) is 0 Å². The van der Waals surface area contributed by atoms with Crippen molar-refractivity contribution in [3.63, 3.8) is 0 Å². The van der Waals surface area contributed by atoms with Crippen molar-refractivity contribution in [2.24, 2.45) is 0 Å². The van der Waals surface area contributed by atoms with Crippen LogP contribution in [0.1, 0.15) is 62.7 Å². The van der Waals surface area contributed by atoms with Gasteiger partial charge in [-0.2, -0.15) is 0 Å². The zero-order valence-electron chi connectivity index (χ0n) is 14.3. The molecule has 22 heavy (non-hydrogen) atoms. The summed E-state index contributed by atoms with van der Waals surface area (Å²) in [5.74, 6) is 0.820. The third-order valence-electron chi connectivity index (χ3n) is 4.78. The standard InChI is InChI=1S/C19H31NO2/c1-4-22-19-11-10-15(2)14-17(19)18(21)12-13-20(3)16-8-6-5-7-9-16/h10-11,14,16,18,21H,4-9,12-13H2,1-3H3. The first-order chi connectivity index (χ1) is 10.6. The predicted molar refractivity (Wildman–Crippen MR) is 91.4 cm³/mol. The van der Waals surface area contributed by atoms with Crippen molar-refractivity contribution in [1.29, 1.82) is 0 Å². The van der Waals surface area contributed by atoms with Gasteiger partial charge in [-0.1, -0.05) is 30.9 Å². The van der Waals surface area contributed by atoms with Crippen LogP contribution in [0.3, 0.4) is 0 Å². The first-order valence-corrected chi connectivity index (χ1v) is 8.73. The largest absolute Gasteiger partial charge is 0.493 e. The Morgan fingerprint density at radius 3 is 2.68 bits per heavy atom. The number of benzene rings is 1. The molecule has 3 heteroatoms. The first kappa shape index (κ1) is 17.3. The van der Waals surface area contributed by atoms with E-state index >= 15 is 0 Å². The molecule has 0 amide bonds. The van der Waals surface area contributed by atoms with E-state index < -0.39 is 6.10 Å². The summed E-state index contributed by atoms with van der Waals surface area (Å²) in [7, 11) is 2.20. The van der Waals surface area contributed by atoms with Crippen molar-refractivity contribution < 1.29 is 9.84 Å². The smallest absolute Gasteiger partial charge is 0.125 e. The van der Waals surface area contributed by atoms with Crippen LogP contribution in [0.25, 0.3) is 0 Å². The van der Waals surface area contributed by atoms with Crippen LogP contribution in [0.15, 0.2) is 18.2 Å². The lowest BCUT2D eigenvalue weighted by molar-refractivity contribution is 0.122. The van der Waals surface area contributed by atoms with Gasteiger partial charge >= 0.3 is 0 Å². The van der Waals surface area contributed by atoms with Crippen molar-refractivity contribution in [2.45, 2.75) is 64.5 Å². The SMILES string of the molecule is CCOc1ccc(C)cc1C(O)CCN(C)C1CCCCC1. The fraction of sp³-hybridized carbons (Fsp3) is 0.684. The van der Waals surface area contributed by atoms with E-state index in [0.717, 1.165) is 29.8 Å². The molecule has 1 N–H and O–H groups in total. The molecule has 1 aliphatic rings. The topological polar surface area (TPSA) is 32.7 Å². The molecule has 0 radical (unpaired) electrons. The molecule has 1 saturated carbocycles. The van der Waals surface area contributed by atoms with Gasteiger partial charge in [0.05, 0.1) is 12.7 Å². The van der Waals surface area contributed by atoms with Gasteiger partial charge in [0.2, 0.25) is 0 Å². The van der Waals surface area contributed by atoms with Crippen LogP contribution in [0.5, 0.6) is 5.75 Å². The normalized spacial score (nSPS) is 17.7. The van der Waals surface area contributed by atoms with Gasteiger partial charge in [0.25, 0.3) is 0 Å². The highest BCUT2D eigenvalue weighted by Crippen LogP contribution is 2.29. The number of aliphatic hydroxyl groups is 1. The summed E-state index contributed by atoms with van der Waals surface area (Å²) in [5, 5.41) is 10.6. The van der Waals surface area contributed by atoms with Gasteiger partial charge in [-0.25, -0.2) is 0 Å². The van der Waals surface area contributed by atoms with Crippen LogP contribution in [0, 0.1) is 6.92 Å². The molecular formula is C19H31NO2. The van der Waals surface area contributed by atoms with E-state index in [-0.39, 0.29) is 0 Å². The molecule has 1 fully saturated rings. The molecule has 1 aromatic carbocycles. The van der Waals surface area contributed by atoms with Gasteiger partial charge in [0.1, 0.15) is 5.75 Å². The third kappa shape index (κ3) is 4.72. The van der Waals surface area contributed by atoms with E-state index in [1.165, 1.54) is 32.1 Å². The van der Waals surface area contributed by atoms with Crippen molar-refractivity contribution in [2.75, 3.05) is 20.2 Å². The van der Waals surface area contributed by atoms with Crippen molar-refractivity contribution >= 4 is 0 Å². The summed E-state index contributed by atoms with van der Waals surface area (Å²) >= 11 is 0. The lowest BCUT2D eigenvalue weighted by Crippen LogP contribution is -2.34. The monoisotopic (exact) mass is 305 g/mol. The average Bonchev–Trinajstić information content (AvgIpc) is 2.55. The van der Waals surface area contributed by atoms with Crippen LogP contribution in [0.4, 0.5) is 0 Å². The van der Waals surface area contributed by atoms with Gasteiger partial charge in [0, 0.05) is 18.2 Å². The number of rotatable bonds is 7. The number of aryl methyl sites for hydroxylation is 1. The van der Waals surface area contributed by atoms with Crippen LogP contribution < -0.4 is 4.74 Å². The molecule has 0 bridgehead atoms. The Hall–Kier alpha value is -1.06. The minimum Gasteiger partial charge on any atom is -0.493 e. The van der Waals surface area contributed by atoms with Gasteiger partial charge in [0.15, 0.2) is 0 Å². The first-order valence-electron chi connectivity index (χ1n) is 8.73. The fourth-order valence-electron chi connectivity index (χ4n) is 3.40. The summed E-state index contributed by atoms with van der Waals surface area (Å²) in [6, 6.07) is 6.76. The molecule has 124 valence electrons. The second-order valence-corrected chi connectivity index (χ2v) is 6.55. The Morgan fingerprint density at radius 2 is 2.00 bits per heavy atom. The summed E-state index contributed by atoms with van der Waals surface area (Å²) in [6.07, 6.45) is 7.01. The van der Waals surface area contributed by atoms with Gasteiger partial charge < -0.3 is 14.7 Å². The fourth-order valence-corrected chi connectivity index (χ4v) is 3.40. The number of hydrogen-bond acceptors (Lipinski definition) is 3. The maximum absolute atomic E-state index is 10.6. The Balaban J connectivity index is 1.93. The molecular weight excluding hydrogens is 274 g/mol. The lowest BCUT2D eigenvalue weighted by Gasteiger charge is -2.31. The molecule has 0 heterocycles. The quantitative estimate of drug-likeness (QED) is 0.824. The number of nitrogens with zero attached hydrogens (tertiary/aromatic N) is 1. The van der Waals surface area contributed by atoms with Gasteiger partial charge in [-0.3, -0.25) is 0 Å². The third-order valence-corrected chi connectivity index (χ3v) is 4.78. The number of hydrogen-bond donors (Lipinski definition) is 1. The molecule has 3 nitrogen and oxygen atoms in total. The second kappa shape index (κ2) is 8.54. The number of aliphatic hydroxyl groups excluding tert-OH is 1. The van der Waals surface area contributed by atoms with Crippen molar-refractivity contribution in [3.8, 4) is 5.75 Å². The van der Waals surface area contributed by atoms with E-state index in [0.29, 0.717) is 12.6 Å². The maximum atomic E-state index is 10.6. The molecule has 2 rings (SSSR count). The molecule has 1 atom stereocenters. The maximum Gasteiger partial charge on any atom is 0.125 e. The molecule has 1 aliphatic carbocycles. The molecule has 1 unspecified atom stereocenters. The molecule has 0 aliphatic heterocycles. The van der Waals surface area contributed by atoms with Crippen LogP contribution in [-0.4, -0.2) is 36.2 Å². The Labute approximate surface area is 135 Å². The summed E-state index contributed by atoms with van der Waals surface area (Å²) in [4.78, 5) is 2.43. The molecule has 1 aromatic rings. The van der Waals surface area contributed by atoms with E-state index in [1.807, 2.05) is 19.1 Å². The highest BCUT2D eigenvalue weighted by Gasteiger charge is 2.20. The highest BCUT2D eigenvalue weighted by atomic mass is 16.5. The lowest BCUT2D eigenvalue weighted by atomic mass is 9.94. The van der Waals surface area contributed by atoms with E-state index in [2.05, 4.69) is 24.9 Å². The Morgan fingerprint density at radius 1 is 1.27 bits per heavy atom. The van der Waals surface area contributed by atoms with Crippen LogP contribution >= 0.6 is 0 Å². The van der Waals surface area contributed by atoms with Crippen molar-refractivity contribution in [3.05, 3.63) is 29.3 Å². The Bertz CT molecular complexity index is 455. The minimum absolute atomic E-state index is 0.451. The Kier molecular flexibility index (Phi) is 6.71. The molecule has 0 saturated heterocycles. The molecule has 0 spiro atoms. The van der Waals surface area contributed by atoms with Crippen LogP contribution in [0.2, 0.25) is 0 Å². The summed E-state index contributed by atoms with van der Waals surface area (Å²) < 4.78 is 5.66. The van der Waals surface area contributed by atoms with E-state index in [1.54, 1.807) is 0 Å². The zero-order valence-corrected chi connectivity index (χ0v) is 14.3.